The van der Waals surface area contributed by atoms with Gasteiger partial charge in [0.1, 0.15) is 5.76 Å². The molecule has 1 saturated carbocycles. The van der Waals surface area contributed by atoms with Gasteiger partial charge in [-0.2, -0.15) is 0 Å². The summed E-state index contributed by atoms with van der Waals surface area (Å²) < 4.78 is 5.54. The summed E-state index contributed by atoms with van der Waals surface area (Å²) in [5, 5.41) is 3.65. The fourth-order valence-electron chi connectivity index (χ4n) is 2.55. The van der Waals surface area contributed by atoms with Crippen LogP contribution in [0.2, 0.25) is 0 Å². The van der Waals surface area contributed by atoms with Crippen LogP contribution in [0.1, 0.15) is 50.7 Å². The molecule has 1 aromatic rings. The Morgan fingerprint density at radius 2 is 2.27 bits per heavy atom. The molecule has 2 heteroatoms. The summed E-state index contributed by atoms with van der Waals surface area (Å²) in [6.45, 7) is 3.35. The number of hydrogen-bond acceptors (Lipinski definition) is 2. The van der Waals surface area contributed by atoms with Crippen molar-refractivity contribution in [2.24, 2.45) is 0 Å². The average molecular weight is 207 g/mol. The van der Waals surface area contributed by atoms with Crippen molar-refractivity contribution in [3.05, 3.63) is 24.2 Å². The first-order chi connectivity index (χ1) is 7.42. The Hall–Kier alpha value is -0.760. The molecule has 1 fully saturated rings. The van der Waals surface area contributed by atoms with Gasteiger partial charge < -0.3 is 9.73 Å². The van der Waals surface area contributed by atoms with E-state index in [0.29, 0.717) is 12.0 Å². The van der Waals surface area contributed by atoms with Gasteiger partial charge in [0, 0.05) is 12.0 Å². The lowest BCUT2D eigenvalue weighted by molar-refractivity contribution is 0.293. The van der Waals surface area contributed by atoms with Gasteiger partial charge in [0.05, 0.1) is 6.26 Å². The first kappa shape index (κ1) is 10.7. The van der Waals surface area contributed by atoms with Crippen LogP contribution < -0.4 is 5.32 Å². The van der Waals surface area contributed by atoms with Crippen molar-refractivity contribution in [1.29, 1.82) is 0 Å². The molecule has 1 aromatic heterocycles. The summed E-state index contributed by atoms with van der Waals surface area (Å²) in [7, 11) is 0. The normalized spacial score (nSPS) is 26.7. The standard InChI is InChI=1S/C13H21NO/c1-2-9-14-12-7-4-3-6-11(12)13-8-5-10-15-13/h5,8,10-12,14H,2-4,6-7,9H2,1H3. The van der Waals surface area contributed by atoms with Crippen molar-refractivity contribution in [2.45, 2.75) is 51.0 Å². The van der Waals surface area contributed by atoms with Crippen LogP contribution in [0.3, 0.4) is 0 Å². The molecule has 0 radical (unpaired) electrons. The Labute approximate surface area is 92.1 Å². The van der Waals surface area contributed by atoms with E-state index in [1.54, 1.807) is 6.26 Å². The van der Waals surface area contributed by atoms with Gasteiger partial charge in [-0.15, -0.1) is 0 Å². The molecule has 2 rings (SSSR count). The third kappa shape index (κ3) is 2.63. The van der Waals surface area contributed by atoms with Gasteiger partial charge in [0.2, 0.25) is 0 Å². The smallest absolute Gasteiger partial charge is 0.108 e. The lowest BCUT2D eigenvalue weighted by atomic mass is 9.83. The average Bonchev–Trinajstić information content (AvgIpc) is 2.80. The summed E-state index contributed by atoms with van der Waals surface area (Å²) >= 11 is 0. The van der Waals surface area contributed by atoms with Gasteiger partial charge in [-0.25, -0.2) is 0 Å². The topological polar surface area (TPSA) is 25.2 Å². The molecule has 1 aliphatic rings. The van der Waals surface area contributed by atoms with Crippen molar-refractivity contribution in [3.63, 3.8) is 0 Å². The molecule has 0 amide bonds. The third-order valence-corrected chi connectivity index (χ3v) is 3.33. The molecule has 0 saturated heterocycles. The maximum Gasteiger partial charge on any atom is 0.108 e. The van der Waals surface area contributed by atoms with E-state index >= 15 is 0 Å². The molecular weight excluding hydrogens is 186 g/mol. The van der Waals surface area contributed by atoms with Gasteiger partial charge in [0.25, 0.3) is 0 Å². The first-order valence-corrected chi connectivity index (χ1v) is 6.18. The fraction of sp³-hybridized carbons (Fsp3) is 0.692. The monoisotopic (exact) mass is 207 g/mol. The Morgan fingerprint density at radius 3 is 3.00 bits per heavy atom. The predicted molar refractivity (Wildman–Crippen MR) is 62.0 cm³/mol. The van der Waals surface area contributed by atoms with Crippen molar-refractivity contribution in [2.75, 3.05) is 6.54 Å². The summed E-state index contributed by atoms with van der Waals surface area (Å²) in [4.78, 5) is 0. The summed E-state index contributed by atoms with van der Waals surface area (Å²) in [5.41, 5.74) is 0. The summed E-state index contributed by atoms with van der Waals surface area (Å²) in [6, 6.07) is 4.75. The van der Waals surface area contributed by atoms with Crippen LogP contribution in [0, 0.1) is 0 Å². The molecular formula is C13H21NO. The van der Waals surface area contributed by atoms with E-state index in [9.17, 15) is 0 Å². The van der Waals surface area contributed by atoms with Crippen molar-refractivity contribution in [1.82, 2.24) is 5.32 Å². The second-order valence-electron chi connectivity index (χ2n) is 4.47. The van der Waals surface area contributed by atoms with E-state index in [2.05, 4.69) is 18.3 Å². The SMILES string of the molecule is CCCNC1CCCCC1c1ccco1. The molecule has 84 valence electrons. The molecule has 2 unspecified atom stereocenters. The Balaban J connectivity index is 1.99. The van der Waals surface area contributed by atoms with E-state index in [1.165, 1.54) is 37.9 Å². The van der Waals surface area contributed by atoms with Crippen LogP contribution in [-0.2, 0) is 0 Å². The zero-order chi connectivity index (χ0) is 10.5. The lowest BCUT2D eigenvalue weighted by Crippen LogP contribution is -2.37. The number of rotatable bonds is 4. The molecule has 0 bridgehead atoms. The highest BCUT2D eigenvalue weighted by Crippen LogP contribution is 2.33. The number of nitrogens with one attached hydrogen (secondary N) is 1. The van der Waals surface area contributed by atoms with Gasteiger partial charge in [-0.05, 0) is 37.9 Å². The van der Waals surface area contributed by atoms with Gasteiger partial charge in [0.15, 0.2) is 0 Å². The van der Waals surface area contributed by atoms with Crippen molar-refractivity contribution < 1.29 is 4.42 Å². The minimum atomic E-state index is 0.597. The van der Waals surface area contributed by atoms with Crippen molar-refractivity contribution in [3.8, 4) is 0 Å². The van der Waals surface area contributed by atoms with Gasteiger partial charge in [-0.3, -0.25) is 0 Å². The minimum Gasteiger partial charge on any atom is -0.469 e. The molecule has 2 atom stereocenters. The molecule has 1 N–H and O–H groups in total. The van der Waals surface area contributed by atoms with Crippen LogP contribution >= 0.6 is 0 Å². The van der Waals surface area contributed by atoms with Gasteiger partial charge >= 0.3 is 0 Å². The quantitative estimate of drug-likeness (QED) is 0.819. The maximum atomic E-state index is 5.54. The Bertz CT molecular complexity index is 268. The zero-order valence-electron chi connectivity index (χ0n) is 9.54. The minimum absolute atomic E-state index is 0.597. The highest BCUT2D eigenvalue weighted by Gasteiger charge is 2.27. The molecule has 0 spiro atoms. The van der Waals surface area contributed by atoms with E-state index in [4.69, 9.17) is 4.42 Å². The molecule has 1 heterocycles. The second kappa shape index (κ2) is 5.36. The van der Waals surface area contributed by atoms with Crippen LogP contribution in [0.5, 0.6) is 0 Å². The summed E-state index contributed by atoms with van der Waals surface area (Å²) in [6.07, 6.45) is 8.27. The number of hydrogen-bond donors (Lipinski definition) is 1. The van der Waals surface area contributed by atoms with E-state index < -0.39 is 0 Å². The van der Waals surface area contributed by atoms with Crippen LogP contribution in [-0.4, -0.2) is 12.6 Å². The van der Waals surface area contributed by atoms with E-state index in [-0.39, 0.29) is 0 Å². The van der Waals surface area contributed by atoms with Crippen LogP contribution in [0.15, 0.2) is 22.8 Å². The van der Waals surface area contributed by atoms with Crippen LogP contribution in [0.25, 0.3) is 0 Å². The van der Waals surface area contributed by atoms with Crippen LogP contribution in [0.4, 0.5) is 0 Å². The largest absolute Gasteiger partial charge is 0.469 e. The third-order valence-electron chi connectivity index (χ3n) is 3.33. The highest BCUT2D eigenvalue weighted by atomic mass is 16.3. The molecule has 0 aromatic carbocycles. The maximum absolute atomic E-state index is 5.54. The Kier molecular flexibility index (Phi) is 3.84. The lowest BCUT2D eigenvalue weighted by Gasteiger charge is -2.31. The zero-order valence-corrected chi connectivity index (χ0v) is 9.54. The molecule has 1 aliphatic carbocycles. The van der Waals surface area contributed by atoms with E-state index in [0.717, 1.165) is 6.54 Å². The Morgan fingerprint density at radius 1 is 1.40 bits per heavy atom. The highest BCUT2D eigenvalue weighted by molar-refractivity contribution is 5.09. The number of furan rings is 1. The molecule has 2 nitrogen and oxygen atoms in total. The van der Waals surface area contributed by atoms with Gasteiger partial charge in [-0.1, -0.05) is 19.8 Å². The first-order valence-electron chi connectivity index (χ1n) is 6.18. The second-order valence-corrected chi connectivity index (χ2v) is 4.47. The van der Waals surface area contributed by atoms with Crippen molar-refractivity contribution >= 4 is 0 Å². The molecule has 15 heavy (non-hydrogen) atoms. The van der Waals surface area contributed by atoms with E-state index in [1.807, 2.05) is 6.07 Å². The fourth-order valence-corrected chi connectivity index (χ4v) is 2.55. The predicted octanol–water partition coefficient (Wildman–Crippen LogP) is 3.31. The summed E-state index contributed by atoms with van der Waals surface area (Å²) in [5.74, 6) is 1.77. The molecule has 0 aliphatic heterocycles.